The van der Waals surface area contributed by atoms with Gasteiger partial charge in [-0.05, 0) is 19.8 Å². The summed E-state index contributed by atoms with van der Waals surface area (Å²) in [6.07, 6.45) is 0. The second-order valence-electron chi connectivity index (χ2n) is 4.87. The quantitative estimate of drug-likeness (QED) is 0.733. The molecule has 110 valence electrons. The van der Waals surface area contributed by atoms with Crippen molar-refractivity contribution >= 4 is 11.9 Å². The average Bonchev–Trinajstić information content (AvgIpc) is 2.36. The molecule has 0 saturated carbocycles. The number of hydrogen-bond acceptors (Lipinski definition) is 4. The van der Waals surface area contributed by atoms with Gasteiger partial charge >= 0.3 is 5.97 Å². The molecular formula is C14H26N2O3. The van der Waals surface area contributed by atoms with Gasteiger partial charge in [0.25, 0.3) is 0 Å². The summed E-state index contributed by atoms with van der Waals surface area (Å²) in [7, 11) is 3.27. The van der Waals surface area contributed by atoms with Gasteiger partial charge in [0.2, 0.25) is 5.91 Å². The minimum absolute atomic E-state index is 0.0277. The molecular weight excluding hydrogens is 244 g/mol. The first kappa shape index (κ1) is 19.8. The third kappa shape index (κ3) is 9.06. The van der Waals surface area contributed by atoms with E-state index in [1.54, 1.807) is 21.0 Å². The molecule has 1 amide bonds. The Morgan fingerprint density at radius 3 is 1.89 bits per heavy atom. The molecule has 19 heavy (non-hydrogen) atoms. The minimum atomic E-state index is -0.514. The fraction of sp³-hybridized carbons (Fsp3) is 0.786. The number of ether oxygens (including phenoxy) is 1. The van der Waals surface area contributed by atoms with Crippen molar-refractivity contribution in [2.75, 3.05) is 20.7 Å². The van der Waals surface area contributed by atoms with Gasteiger partial charge in [0, 0.05) is 14.1 Å². The van der Waals surface area contributed by atoms with E-state index >= 15 is 0 Å². The van der Waals surface area contributed by atoms with E-state index in [2.05, 4.69) is 0 Å². The van der Waals surface area contributed by atoms with Crippen LogP contribution in [-0.4, -0.2) is 37.5 Å². The number of hydrogen-bond donors (Lipinski definition) is 0. The lowest BCUT2D eigenvalue weighted by molar-refractivity contribution is -0.148. The van der Waals surface area contributed by atoms with Gasteiger partial charge < -0.3 is 9.64 Å². The smallest absolute Gasteiger partial charge is 0.308 e. The summed E-state index contributed by atoms with van der Waals surface area (Å²) >= 11 is 0. The molecule has 0 rings (SSSR count). The zero-order valence-corrected chi connectivity index (χ0v) is 13.1. The van der Waals surface area contributed by atoms with Crippen molar-refractivity contribution in [1.29, 1.82) is 5.26 Å². The normalized spacial score (nSPS) is 12.6. The van der Waals surface area contributed by atoms with Crippen LogP contribution in [0.3, 0.4) is 0 Å². The Balaban J connectivity index is 0. The Bertz CT molecular complexity index is 319. The van der Waals surface area contributed by atoms with Crippen molar-refractivity contribution in [3.05, 3.63) is 0 Å². The number of esters is 1. The lowest BCUT2D eigenvalue weighted by Crippen LogP contribution is -2.26. The van der Waals surface area contributed by atoms with Gasteiger partial charge in [-0.25, -0.2) is 0 Å². The monoisotopic (exact) mass is 270 g/mol. The van der Waals surface area contributed by atoms with Crippen LogP contribution < -0.4 is 0 Å². The summed E-state index contributed by atoms with van der Waals surface area (Å²) in [5.74, 6) is -0.339. The highest BCUT2D eigenvalue weighted by molar-refractivity contribution is 5.80. The van der Waals surface area contributed by atoms with Crippen LogP contribution in [0.4, 0.5) is 0 Å². The summed E-state index contributed by atoms with van der Waals surface area (Å²) in [6, 6.07) is 1.85. The molecule has 0 aliphatic rings. The lowest BCUT2D eigenvalue weighted by atomic mass is 9.99. The minimum Gasteiger partial charge on any atom is -0.466 e. The van der Waals surface area contributed by atoms with E-state index in [1.165, 1.54) is 4.90 Å². The topological polar surface area (TPSA) is 70.4 Å². The van der Waals surface area contributed by atoms with Crippen LogP contribution >= 0.6 is 0 Å². The van der Waals surface area contributed by atoms with Gasteiger partial charge in [0.05, 0.1) is 18.6 Å². The number of nitriles is 1. The van der Waals surface area contributed by atoms with Gasteiger partial charge in [-0.3, -0.25) is 9.59 Å². The molecule has 0 fully saturated rings. The van der Waals surface area contributed by atoms with Crippen LogP contribution in [0.15, 0.2) is 0 Å². The van der Waals surface area contributed by atoms with E-state index < -0.39 is 5.92 Å². The Morgan fingerprint density at radius 1 is 1.21 bits per heavy atom. The number of rotatable bonds is 4. The third-order valence-electron chi connectivity index (χ3n) is 2.66. The van der Waals surface area contributed by atoms with Gasteiger partial charge in [-0.2, -0.15) is 5.26 Å². The van der Waals surface area contributed by atoms with Gasteiger partial charge in [-0.1, -0.05) is 20.8 Å². The van der Waals surface area contributed by atoms with E-state index in [4.69, 9.17) is 10.00 Å². The number of carbonyl (C=O) groups is 2. The number of carbonyl (C=O) groups excluding carboxylic acids is 2. The maximum Gasteiger partial charge on any atom is 0.308 e. The Kier molecular flexibility index (Phi) is 10.8. The third-order valence-corrected chi connectivity index (χ3v) is 2.66. The molecule has 2 atom stereocenters. The molecule has 2 unspecified atom stereocenters. The highest BCUT2D eigenvalue weighted by atomic mass is 16.5. The van der Waals surface area contributed by atoms with Crippen LogP contribution in [0.25, 0.3) is 0 Å². The summed E-state index contributed by atoms with van der Waals surface area (Å²) in [5, 5.41) is 8.26. The Morgan fingerprint density at radius 2 is 1.68 bits per heavy atom. The molecule has 0 aliphatic heterocycles. The highest BCUT2D eigenvalue weighted by Crippen LogP contribution is 2.10. The van der Waals surface area contributed by atoms with Crippen LogP contribution in [0.5, 0.6) is 0 Å². The molecule has 0 bridgehead atoms. The number of nitrogens with zero attached hydrogens (tertiary/aromatic N) is 2. The van der Waals surface area contributed by atoms with Crippen molar-refractivity contribution in [3.8, 4) is 6.07 Å². The summed E-state index contributed by atoms with van der Waals surface area (Å²) in [6.45, 7) is 9.81. The standard InChI is InChI=1S/C8H16O2.C6H10N2O/c1-5-10-8(9)7(4)6(2)3;1-5(4-7)6(9)8(2)3/h6-7H,5H2,1-4H3;5H,1-3H3. The van der Waals surface area contributed by atoms with E-state index in [0.717, 1.165) is 0 Å². The van der Waals surface area contributed by atoms with Crippen LogP contribution in [0.1, 0.15) is 34.6 Å². The molecule has 0 aliphatic carbocycles. The molecule has 0 spiro atoms. The molecule has 0 aromatic rings. The van der Waals surface area contributed by atoms with Crippen LogP contribution in [0, 0.1) is 29.1 Å². The maximum absolute atomic E-state index is 11.0. The first-order chi connectivity index (χ1) is 8.68. The number of amides is 1. The Hall–Kier alpha value is -1.57. The second-order valence-corrected chi connectivity index (χ2v) is 4.87. The van der Waals surface area contributed by atoms with Crippen molar-refractivity contribution in [3.63, 3.8) is 0 Å². The summed E-state index contributed by atoms with van der Waals surface area (Å²) in [5.41, 5.74) is 0. The largest absolute Gasteiger partial charge is 0.466 e. The van der Waals surface area contributed by atoms with Crippen LogP contribution in [-0.2, 0) is 14.3 Å². The van der Waals surface area contributed by atoms with Gasteiger partial charge in [0.1, 0.15) is 5.92 Å². The first-order valence-corrected chi connectivity index (χ1v) is 6.46. The molecule has 5 nitrogen and oxygen atoms in total. The lowest BCUT2D eigenvalue weighted by Gasteiger charge is -2.12. The molecule has 0 aromatic heterocycles. The predicted molar refractivity (Wildman–Crippen MR) is 74.1 cm³/mol. The summed E-state index contributed by atoms with van der Waals surface area (Å²) < 4.78 is 4.83. The maximum atomic E-state index is 11.0. The molecule has 5 heteroatoms. The van der Waals surface area contributed by atoms with Gasteiger partial charge in [0.15, 0.2) is 0 Å². The molecule has 0 heterocycles. The second kappa shape index (κ2) is 10.4. The van der Waals surface area contributed by atoms with Crippen molar-refractivity contribution in [1.82, 2.24) is 4.90 Å². The van der Waals surface area contributed by atoms with Crippen molar-refractivity contribution in [2.45, 2.75) is 34.6 Å². The Labute approximate surface area is 116 Å². The molecule has 0 saturated heterocycles. The zero-order valence-electron chi connectivity index (χ0n) is 13.1. The highest BCUT2D eigenvalue weighted by Gasteiger charge is 2.16. The molecule has 0 radical (unpaired) electrons. The van der Waals surface area contributed by atoms with E-state index in [9.17, 15) is 9.59 Å². The van der Waals surface area contributed by atoms with Crippen molar-refractivity contribution in [2.24, 2.45) is 17.8 Å². The predicted octanol–water partition coefficient (Wildman–Crippen LogP) is 2.08. The SMILES string of the molecule is CC(C#N)C(=O)N(C)C.CCOC(=O)C(C)C(C)C. The summed E-state index contributed by atoms with van der Waals surface area (Å²) in [4.78, 5) is 23.2. The van der Waals surface area contributed by atoms with Gasteiger partial charge in [-0.15, -0.1) is 0 Å². The van der Waals surface area contributed by atoms with E-state index in [1.807, 2.05) is 33.8 Å². The first-order valence-electron chi connectivity index (χ1n) is 6.46. The fourth-order valence-corrected chi connectivity index (χ4v) is 0.988. The zero-order chi connectivity index (χ0) is 15.6. The van der Waals surface area contributed by atoms with Crippen molar-refractivity contribution < 1.29 is 14.3 Å². The fourth-order valence-electron chi connectivity index (χ4n) is 0.988. The molecule has 0 aromatic carbocycles. The van der Waals surface area contributed by atoms with E-state index in [-0.39, 0.29) is 17.8 Å². The van der Waals surface area contributed by atoms with E-state index in [0.29, 0.717) is 12.5 Å². The average molecular weight is 270 g/mol. The molecule has 0 N–H and O–H groups in total. The van der Waals surface area contributed by atoms with Crippen LogP contribution in [0.2, 0.25) is 0 Å².